The van der Waals surface area contributed by atoms with Crippen LogP contribution in [0.3, 0.4) is 0 Å². The van der Waals surface area contributed by atoms with Gasteiger partial charge in [0.05, 0.1) is 37.3 Å². The number of unbranched alkanes of at least 4 members (excludes halogenated alkanes) is 1. The third kappa shape index (κ3) is 19.1. The average molecular weight is 1080 g/mol. The molecule has 1 aliphatic heterocycles. The van der Waals surface area contributed by atoms with Crippen LogP contribution in [0.5, 0.6) is 5.75 Å². The van der Waals surface area contributed by atoms with Crippen LogP contribution in [-0.2, 0) is 64.0 Å². The number of phenols is 1. The largest absolute Gasteiger partial charge is 0.508 e. The van der Waals surface area contributed by atoms with Crippen LogP contribution in [-0.4, -0.2) is 155 Å². The van der Waals surface area contributed by atoms with Crippen LogP contribution in [0.1, 0.15) is 95.2 Å². The lowest BCUT2D eigenvalue weighted by atomic mass is 9.95. The van der Waals surface area contributed by atoms with E-state index < -0.39 is 114 Å². The van der Waals surface area contributed by atoms with Crippen LogP contribution in [0.4, 0.5) is 0 Å². The molecule has 7 amide bonds. The monoisotopic (exact) mass is 1080 g/mol. The van der Waals surface area contributed by atoms with E-state index >= 15 is 0 Å². The van der Waals surface area contributed by atoms with Gasteiger partial charge >= 0.3 is 5.97 Å². The first-order chi connectivity index (χ1) is 37.2. The molecule has 9 atom stereocenters. The molecule has 1 saturated heterocycles. The first-order valence-electron chi connectivity index (χ1n) is 26.5. The van der Waals surface area contributed by atoms with E-state index in [0.29, 0.717) is 54.7 Å². The number of phenolic OH excluding ortho intramolecular Hbond substituents is 1. The van der Waals surface area contributed by atoms with Crippen molar-refractivity contribution < 1.29 is 53.7 Å². The molecule has 0 radical (unpaired) electrons. The summed E-state index contributed by atoms with van der Waals surface area (Å²) < 4.78 is 0. The second-order valence-electron chi connectivity index (χ2n) is 20.6. The van der Waals surface area contributed by atoms with Gasteiger partial charge in [-0.1, -0.05) is 70.2 Å². The molecule has 1 aliphatic rings. The zero-order valence-electron chi connectivity index (χ0n) is 44.7. The van der Waals surface area contributed by atoms with Crippen LogP contribution in [0.25, 0.3) is 0 Å². The highest BCUT2D eigenvalue weighted by Gasteiger charge is 2.39. The molecule has 0 bridgehead atoms. The summed E-state index contributed by atoms with van der Waals surface area (Å²) in [6.45, 7) is 7.63. The molecule has 2 unspecified atom stereocenters. The molecule has 15 N–H and O–H groups in total. The summed E-state index contributed by atoms with van der Waals surface area (Å²) in [5.74, 6) is -6.78. The van der Waals surface area contributed by atoms with Crippen molar-refractivity contribution >= 4 is 47.3 Å². The number of aromatic amines is 2. The topological polar surface area (TPSA) is 382 Å². The average Bonchev–Trinajstić information content (AvgIpc) is 4.22. The minimum atomic E-state index is -1.52. The fourth-order valence-corrected chi connectivity index (χ4v) is 9.23. The smallest absolute Gasteiger partial charge is 0.326 e. The van der Waals surface area contributed by atoms with E-state index in [9.17, 15) is 53.7 Å². The molecular weight excluding hydrogens is 1010 g/mol. The summed E-state index contributed by atoms with van der Waals surface area (Å²) in [5.41, 5.74) is 14.2. The van der Waals surface area contributed by atoms with E-state index in [1.54, 1.807) is 62.5 Å². The van der Waals surface area contributed by atoms with Gasteiger partial charge in [-0.15, -0.1) is 0 Å². The molecule has 1 fully saturated rings. The summed E-state index contributed by atoms with van der Waals surface area (Å²) in [5, 5.41) is 47.8. The number of aliphatic carboxylic acids is 1. The van der Waals surface area contributed by atoms with Crippen molar-refractivity contribution in [2.24, 2.45) is 23.3 Å². The number of hydrogen-bond acceptors (Lipinski definition) is 14. The SMILES string of the molecule is CC(C)CC(NC(=O)[C@H](Cc1cnc[nH]1)NC(=O)[C@H](Cc1ccccc1)NC(=O)[C@@H]1CCCN1C(=O)[C@@H](N)Cc1cnc[nH]1)C(O)CC(=O)N[C@H](C(=O)N[C@@H](Cc1ccc(O)cc1)C(=O)N[C@@H](CCCCN)C(=O)O)C(C)C. The van der Waals surface area contributed by atoms with Gasteiger partial charge in [-0.25, -0.2) is 14.8 Å². The zero-order valence-corrected chi connectivity index (χ0v) is 44.7. The Kier molecular flexibility index (Phi) is 23.8. The Labute approximate surface area is 453 Å². The number of likely N-dealkylation sites (tertiary alicyclic amines) is 1. The van der Waals surface area contributed by atoms with Crippen LogP contribution < -0.4 is 43.4 Å². The number of nitrogens with one attached hydrogen (secondary N) is 8. The first-order valence-corrected chi connectivity index (χ1v) is 26.5. The molecule has 24 nitrogen and oxygen atoms in total. The highest BCUT2D eigenvalue weighted by atomic mass is 16.4. The number of carbonyl (C=O) groups is 8. The highest BCUT2D eigenvalue weighted by molar-refractivity contribution is 5.96. The third-order valence-corrected chi connectivity index (χ3v) is 13.4. The Morgan fingerprint density at radius 1 is 0.705 bits per heavy atom. The summed E-state index contributed by atoms with van der Waals surface area (Å²) >= 11 is 0. The number of H-pyrrole nitrogens is 2. The molecule has 4 aromatic rings. The molecule has 0 spiro atoms. The molecule has 424 valence electrons. The predicted octanol–water partition coefficient (Wildman–Crippen LogP) is 0.00280. The molecule has 24 heteroatoms. The Morgan fingerprint density at radius 3 is 1.85 bits per heavy atom. The number of carboxylic acids is 1. The number of hydrogen-bond donors (Lipinski definition) is 13. The number of imidazole rings is 2. The van der Waals surface area contributed by atoms with Crippen molar-refractivity contribution in [3.8, 4) is 5.75 Å². The number of aliphatic hydroxyl groups is 1. The Morgan fingerprint density at radius 2 is 1.27 bits per heavy atom. The van der Waals surface area contributed by atoms with E-state index in [1.807, 2.05) is 13.8 Å². The van der Waals surface area contributed by atoms with Gasteiger partial charge in [0.2, 0.25) is 41.4 Å². The molecule has 0 aliphatic carbocycles. The maximum atomic E-state index is 14.5. The van der Waals surface area contributed by atoms with Crippen molar-refractivity contribution in [1.29, 1.82) is 0 Å². The number of aromatic nitrogens is 4. The number of nitrogens with two attached hydrogens (primary N) is 2. The maximum absolute atomic E-state index is 14.5. The van der Waals surface area contributed by atoms with Crippen LogP contribution in [0.2, 0.25) is 0 Å². The van der Waals surface area contributed by atoms with E-state index in [0.717, 1.165) is 0 Å². The van der Waals surface area contributed by atoms with Crippen molar-refractivity contribution in [2.75, 3.05) is 13.1 Å². The van der Waals surface area contributed by atoms with Gasteiger partial charge in [0, 0.05) is 56.0 Å². The van der Waals surface area contributed by atoms with Gasteiger partial charge in [-0.2, -0.15) is 0 Å². The molecule has 2 aromatic carbocycles. The van der Waals surface area contributed by atoms with Gasteiger partial charge in [-0.05, 0) is 80.2 Å². The van der Waals surface area contributed by atoms with Crippen LogP contribution in [0.15, 0.2) is 79.6 Å². The minimum Gasteiger partial charge on any atom is -0.508 e. The number of aromatic hydroxyl groups is 1. The number of aliphatic hydroxyl groups excluding tert-OH is 1. The lowest BCUT2D eigenvalue weighted by molar-refractivity contribution is -0.142. The summed E-state index contributed by atoms with van der Waals surface area (Å²) in [6, 6.07) is 5.49. The van der Waals surface area contributed by atoms with E-state index in [2.05, 4.69) is 51.8 Å². The standard InChI is InChI=1S/C54H77N13O11/c1-31(2)21-40(45(69)26-46(70)66-47(32(3)4)52(75)65-42(23-34-15-17-37(68)18-16-34)48(71)61-39(54(77)78)13-8-9-19-55)62-50(73)43(25-36-28-58-30-60-36)63-49(72)41(22-33-11-6-5-7-12-33)64-51(74)44-14-10-20-67(44)53(76)38(56)24-35-27-57-29-59-35/h5-7,11-12,15-18,27-32,38-45,47,68-69H,8-10,13-14,19-26,55-56H2,1-4H3,(H,57,59)(H,58,60)(H,61,71)(H,62,73)(H,63,72)(H,64,74)(H,65,75)(H,66,70)(H,77,78)/t38-,39-,40?,41-,42-,43-,44-,45?,47-/m0/s1. The Hall–Kier alpha value is -7.70. The quantitative estimate of drug-likeness (QED) is 0.0295. The first kappa shape index (κ1) is 61.2. The lowest BCUT2D eigenvalue weighted by Gasteiger charge is -2.30. The number of nitrogens with zero attached hydrogens (tertiary/aromatic N) is 3. The Balaban J connectivity index is 1.30. The van der Waals surface area contributed by atoms with Gasteiger partial charge < -0.3 is 73.6 Å². The van der Waals surface area contributed by atoms with Crippen LogP contribution in [0, 0.1) is 11.8 Å². The fourth-order valence-electron chi connectivity index (χ4n) is 9.23. The minimum absolute atomic E-state index is 0.0170. The number of carbonyl (C=O) groups excluding carboxylic acids is 7. The molecule has 5 rings (SSSR count). The van der Waals surface area contributed by atoms with Gasteiger partial charge in [0.25, 0.3) is 0 Å². The van der Waals surface area contributed by atoms with Crippen molar-refractivity contribution in [3.05, 3.63) is 102 Å². The van der Waals surface area contributed by atoms with Crippen molar-refractivity contribution in [1.82, 2.24) is 56.7 Å². The predicted molar refractivity (Wildman–Crippen MR) is 286 cm³/mol. The number of amides is 7. The summed E-state index contributed by atoms with van der Waals surface area (Å²) in [7, 11) is 0. The maximum Gasteiger partial charge on any atom is 0.326 e. The summed E-state index contributed by atoms with van der Waals surface area (Å²) in [6.07, 6.45) is 5.87. The van der Waals surface area contributed by atoms with Gasteiger partial charge in [0.1, 0.15) is 42.0 Å². The second kappa shape index (κ2) is 30.3. The van der Waals surface area contributed by atoms with Crippen molar-refractivity contribution in [2.45, 2.75) is 153 Å². The van der Waals surface area contributed by atoms with Crippen LogP contribution >= 0.6 is 0 Å². The molecule has 2 aromatic heterocycles. The van der Waals surface area contributed by atoms with Gasteiger partial charge in [0.15, 0.2) is 0 Å². The number of benzene rings is 2. The normalized spacial score (nSPS) is 16.4. The van der Waals surface area contributed by atoms with E-state index in [4.69, 9.17) is 11.5 Å². The third-order valence-electron chi connectivity index (χ3n) is 13.4. The fraction of sp³-hybridized carbons (Fsp3) is 0.519. The zero-order chi connectivity index (χ0) is 56.9. The molecule has 78 heavy (non-hydrogen) atoms. The molecule has 3 heterocycles. The van der Waals surface area contributed by atoms with E-state index in [-0.39, 0.29) is 56.7 Å². The molecular formula is C54H77N13O11. The van der Waals surface area contributed by atoms with E-state index in [1.165, 1.54) is 35.9 Å². The highest BCUT2D eigenvalue weighted by Crippen LogP contribution is 2.21. The lowest BCUT2D eigenvalue weighted by Crippen LogP contribution is -2.59. The number of carboxylic acid groups (broad SMARTS) is 1. The second-order valence-corrected chi connectivity index (χ2v) is 20.6. The van der Waals surface area contributed by atoms with Gasteiger partial charge in [-0.3, -0.25) is 33.6 Å². The Bertz CT molecular complexity index is 2570. The molecule has 0 saturated carbocycles. The number of rotatable bonds is 31. The van der Waals surface area contributed by atoms with Crippen molar-refractivity contribution in [3.63, 3.8) is 0 Å². The summed E-state index contributed by atoms with van der Waals surface area (Å²) in [4.78, 5) is 126.